The molecule has 13 heavy (non-hydrogen) atoms. The average molecular weight is 184 g/mol. The smallest absolute Gasteiger partial charge is 0.295 e. The number of benzene rings is 1. The SMILES string of the molecule is CC.Nc1ccc(O)cc1[N+](=O)[O-]. The molecule has 0 spiro atoms. The van der Waals surface area contributed by atoms with Crippen LogP contribution in [0, 0.1) is 10.1 Å². The minimum Gasteiger partial charge on any atom is -0.508 e. The molecule has 1 aromatic carbocycles. The van der Waals surface area contributed by atoms with Gasteiger partial charge in [-0.3, -0.25) is 10.1 Å². The van der Waals surface area contributed by atoms with Crippen LogP contribution in [0.3, 0.4) is 0 Å². The second-order valence-electron chi connectivity index (χ2n) is 2.00. The minimum absolute atomic E-state index is 0.0489. The van der Waals surface area contributed by atoms with Crippen molar-refractivity contribution >= 4 is 11.4 Å². The maximum Gasteiger partial charge on any atom is 0.295 e. The van der Waals surface area contributed by atoms with Gasteiger partial charge in [0.2, 0.25) is 0 Å². The van der Waals surface area contributed by atoms with E-state index in [9.17, 15) is 10.1 Å². The highest BCUT2D eigenvalue weighted by Gasteiger charge is 2.10. The van der Waals surface area contributed by atoms with Gasteiger partial charge in [-0.25, -0.2) is 0 Å². The van der Waals surface area contributed by atoms with Gasteiger partial charge in [0.05, 0.1) is 11.0 Å². The number of phenols is 1. The van der Waals surface area contributed by atoms with Crippen LogP contribution in [-0.2, 0) is 0 Å². The summed E-state index contributed by atoms with van der Waals surface area (Å²) in [7, 11) is 0. The Morgan fingerprint density at radius 2 is 2.00 bits per heavy atom. The van der Waals surface area contributed by atoms with Gasteiger partial charge >= 0.3 is 0 Å². The van der Waals surface area contributed by atoms with Crippen molar-refractivity contribution in [1.82, 2.24) is 0 Å². The van der Waals surface area contributed by atoms with E-state index in [0.29, 0.717) is 0 Å². The van der Waals surface area contributed by atoms with E-state index in [4.69, 9.17) is 10.8 Å². The van der Waals surface area contributed by atoms with E-state index in [1.54, 1.807) is 0 Å². The number of rotatable bonds is 1. The molecule has 1 rings (SSSR count). The van der Waals surface area contributed by atoms with E-state index in [1.165, 1.54) is 12.1 Å². The second-order valence-corrected chi connectivity index (χ2v) is 2.00. The number of anilines is 1. The monoisotopic (exact) mass is 184 g/mol. The molecule has 0 amide bonds. The molecule has 0 saturated carbocycles. The first-order valence-corrected chi connectivity index (χ1v) is 3.84. The number of hydrogen-bond donors (Lipinski definition) is 2. The Morgan fingerprint density at radius 3 is 2.38 bits per heavy atom. The lowest BCUT2D eigenvalue weighted by Crippen LogP contribution is -1.94. The molecule has 0 bridgehead atoms. The molecule has 5 nitrogen and oxygen atoms in total. The molecule has 0 fully saturated rings. The van der Waals surface area contributed by atoms with Crippen LogP contribution in [0.25, 0.3) is 0 Å². The lowest BCUT2D eigenvalue weighted by molar-refractivity contribution is -0.384. The number of nitro benzene ring substituents is 1. The van der Waals surface area contributed by atoms with Crippen LogP contribution >= 0.6 is 0 Å². The molecule has 3 N–H and O–H groups in total. The van der Waals surface area contributed by atoms with E-state index in [-0.39, 0.29) is 17.1 Å². The predicted molar refractivity (Wildman–Crippen MR) is 50.5 cm³/mol. The van der Waals surface area contributed by atoms with Gasteiger partial charge in [-0.1, -0.05) is 13.8 Å². The summed E-state index contributed by atoms with van der Waals surface area (Å²) in [5.41, 5.74) is 5.01. The van der Waals surface area contributed by atoms with Crippen molar-refractivity contribution in [3.05, 3.63) is 28.3 Å². The van der Waals surface area contributed by atoms with Crippen molar-refractivity contribution in [2.24, 2.45) is 0 Å². The molecule has 0 aromatic heterocycles. The van der Waals surface area contributed by atoms with Crippen molar-refractivity contribution < 1.29 is 10.0 Å². The van der Waals surface area contributed by atoms with Gasteiger partial charge in [0.15, 0.2) is 0 Å². The van der Waals surface area contributed by atoms with E-state index in [0.717, 1.165) is 6.07 Å². The molecule has 0 unspecified atom stereocenters. The standard InChI is InChI=1S/C6H6N2O3.C2H6/c7-5-2-1-4(9)3-6(5)8(10)11;1-2/h1-3,9H,7H2;1-2H3. The minimum atomic E-state index is -0.644. The zero-order valence-corrected chi connectivity index (χ0v) is 7.52. The lowest BCUT2D eigenvalue weighted by atomic mass is 10.2. The summed E-state index contributed by atoms with van der Waals surface area (Å²) in [5, 5.41) is 19.0. The lowest BCUT2D eigenvalue weighted by Gasteiger charge is -1.95. The number of phenolic OH excluding ortho intramolecular Hbond substituents is 1. The molecule has 1 aromatic rings. The van der Waals surface area contributed by atoms with Crippen molar-refractivity contribution in [3.8, 4) is 5.75 Å². The Kier molecular flexibility index (Phi) is 4.29. The Hall–Kier alpha value is -1.78. The third-order valence-electron chi connectivity index (χ3n) is 1.21. The molecule has 0 saturated heterocycles. The molecular formula is C8H12N2O3. The van der Waals surface area contributed by atoms with E-state index < -0.39 is 4.92 Å². The van der Waals surface area contributed by atoms with Crippen molar-refractivity contribution in [1.29, 1.82) is 0 Å². The number of nitro groups is 1. The van der Waals surface area contributed by atoms with Gasteiger partial charge in [-0.15, -0.1) is 0 Å². The topological polar surface area (TPSA) is 89.4 Å². The average Bonchev–Trinajstić information content (AvgIpc) is 2.12. The van der Waals surface area contributed by atoms with Crippen molar-refractivity contribution in [3.63, 3.8) is 0 Å². The van der Waals surface area contributed by atoms with Crippen LogP contribution in [0.4, 0.5) is 11.4 Å². The first kappa shape index (κ1) is 11.2. The zero-order chi connectivity index (χ0) is 10.4. The molecule has 0 aliphatic carbocycles. The number of aromatic hydroxyl groups is 1. The number of nitrogens with zero attached hydrogens (tertiary/aromatic N) is 1. The number of nitrogen functional groups attached to an aromatic ring is 1. The van der Waals surface area contributed by atoms with Crippen LogP contribution < -0.4 is 5.73 Å². The third-order valence-corrected chi connectivity index (χ3v) is 1.21. The van der Waals surface area contributed by atoms with Crippen molar-refractivity contribution in [2.75, 3.05) is 5.73 Å². The van der Waals surface area contributed by atoms with Gasteiger partial charge in [0.1, 0.15) is 11.4 Å². The molecule has 0 heterocycles. The Bertz CT molecular complexity index is 299. The third kappa shape index (κ3) is 2.98. The molecule has 0 radical (unpaired) electrons. The van der Waals surface area contributed by atoms with Gasteiger partial charge in [-0.05, 0) is 12.1 Å². The summed E-state index contributed by atoms with van der Waals surface area (Å²) in [5.74, 6) is -0.161. The van der Waals surface area contributed by atoms with Crippen LogP contribution in [0.2, 0.25) is 0 Å². The zero-order valence-electron chi connectivity index (χ0n) is 7.52. The quantitative estimate of drug-likeness (QED) is 0.302. The fourth-order valence-corrected chi connectivity index (χ4v) is 0.690. The number of nitrogens with two attached hydrogens (primary N) is 1. The summed E-state index contributed by atoms with van der Waals surface area (Å²) in [6.07, 6.45) is 0. The molecule has 0 aliphatic heterocycles. The normalized spacial score (nSPS) is 8.46. The summed E-state index contributed by atoms with van der Waals surface area (Å²) >= 11 is 0. The Balaban J connectivity index is 0.000000671. The summed E-state index contributed by atoms with van der Waals surface area (Å²) in [6, 6.07) is 3.59. The van der Waals surface area contributed by atoms with Crippen LogP contribution in [-0.4, -0.2) is 10.0 Å². The summed E-state index contributed by atoms with van der Waals surface area (Å²) in [4.78, 5) is 9.54. The molecule has 5 heteroatoms. The molecule has 0 atom stereocenters. The van der Waals surface area contributed by atoms with Crippen LogP contribution in [0.1, 0.15) is 13.8 Å². The van der Waals surface area contributed by atoms with Crippen molar-refractivity contribution in [2.45, 2.75) is 13.8 Å². The Morgan fingerprint density at radius 1 is 1.46 bits per heavy atom. The van der Waals surface area contributed by atoms with E-state index in [2.05, 4.69) is 0 Å². The second kappa shape index (κ2) is 4.97. The highest BCUT2D eigenvalue weighted by Crippen LogP contribution is 2.24. The highest BCUT2D eigenvalue weighted by molar-refractivity contribution is 5.60. The fourth-order valence-electron chi connectivity index (χ4n) is 0.690. The summed E-state index contributed by atoms with van der Waals surface area (Å²) < 4.78 is 0. The predicted octanol–water partition coefficient (Wildman–Crippen LogP) is 1.91. The fraction of sp³-hybridized carbons (Fsp3) is 0.250. The maximum atomic E-state index is 10.2. The van der Waals surface area contributed by atoms with E-state index >= 15 is 0 Å². The van der Waals surface area contributed by atoms with Crippen LogP contribution in [0.5, 0.6) is 5.75 Å². The number of hydrogen-bond acceptors (Lipinski definition) is 4. The first-order valence-electron chi connectivity index (χ1n) is 3.84. The highest BCUT2D eigenvalue weighted by atomic mass is 16.6. The van der Waals surface area contributed by atoms with Crippen LogP contribution in [0.15, 0.2) is 18.2 Å². The van der Waals surface area contributed by atoms with Gasteiger partial charge in [-0.2, -0.15) is 0 Å². The van der Waals surface area contributed by atoms with Gasteiger partial charge in [0, 0.05) is 0 Å². The maximum absolute atomic E-state index is 10.2. The van der Waals surface area contributed by atoms with Gasteiger partial charge in [0.25, 0.3) is 5.69 Å². The molecular weight excluding hydrogens is 172 g/mol. The largest absolute Gasteiger partial charge is 0.508 e. The molecule has 72 valence electrons. The molecule has 0 aliphatic rings. The Labute approximate surface area is 76.0 Å². The first-order chi connectivity index (χ1) is 6.11. The van der Waals surface area contributed by atoms with E-state index in [1.807, 2.05) is 13.8 Å². The van der Waals surface area contributed by atoms with Gasteiger partial charge < -0.3 is 10.8 Å². The summed E-state index contributed by atoms with van der Waals surface area (Å²) in [6.45, 7) is 4.00.